The summed E-state index contributed by atoms with van der Waals surface area (Å²) in [6.45, 7) is 6.13. The fourth-order valence-corrected chi connectivity index (χ4v) is 3.28. The summed E-state index contributed by atoms with van der Waals surface area (Å²) in [7, 11) is 0. The van der Waals surface area contributed by atoms with Gasteiger partial charge in [-0.1, -0.05) is 12.8 Å². The quantitative estimate of drug-likeness (QED) is 0.663. The maximum Gasteiger partial charge on any atom is 0.126 e. The average Bonchev–Trinajstić information content (AvgIpc) is 2.67. The SMILES string of the molecule is CC(C)(C(NN)c1cc(F)cc(F)c1)N1CCCCCC1. The first kappa shape index (κ1) is 16.3. The van der Waals surface area contributed by atoms with Crippen molar-refractivity contribution in [3.63, 3.8) is 0 Å². The fraction of sp³-hybridized carbons (Fsp3) is 0.625. The van der Waals surface area contributed by atoms with Gasteiger partial charge in [0.15, 0.2) is 0 Å². The van der Waals surface area contributed by atoms with Crippen molar-refractivity contribution in [2.75, 3.05) is 13.1 Å². The molecule has 0 aromatic heterocycles. The summed E-state index contributed by atoms with van der Waals surface area (Å²) in [6, 6.07) is 3.26. The molecule has 1 unspecified atom stereocenters. The second-order valence-corrected chi connectivity index (χ2v) is 6.36. The molecule has 5 heteroatoms. The van der Waals surface area contributed by atoms with Crippen LogP contribution in [0.2, 0.25) is 0 Å². The highest BCUT2D eigenvalue weighted by molar-refractivity contribution is 5.24. The van der Waals surface area contributed by atoms with Crippen molar-refractivity contribution in [3.05, 3.63) is 35.4 Å². The summed E-state index contributed by atoms with van der Waals surface area (Å²) < 4.78 is 27.0. The molecule has 118 valence electrons. The molecular formula is C16H25F2N3. The summed E-state index contributed by atoms with van der Waals surface area (Å²) in [4.78, 5) is 2.37. The lowest BCUT2D eigenvalue weighted by Gasteiger charge is -2.43. The van der Waals surface area contributed by atoms with Gasteiger partial charge in [0.25, 0.3) is 0 Å². The predicted molar refractivity (Wildman–Crippen MR) is 80.5 cm³/mol. The number of likely N-dealkylation sites (tertiary alicyclic amines) is 1. The first-order valence-electron chi connectivity index (χ1n) is 7.62. The van der Waals surface area contributed by atoms with E-state index in [4.69, 9.17) is 5.84 Å². The smallest absolute Gasteiger partial charge is 0.126 e. The molecule has 21 heavy (non-hydrogen) atoms. The molecule has 0 aliphatic carbocycles. The Kier molecular flexibility index (Phi) is 5.30. The zero-order valence-corrected chi connectivity index (χ0v) is 12.8. The summed E-state index contributed by atoms with van der Waals surface area (Å²) >= 11 is 0. The van der Waals surface area contributed by atoms with E-state index in [0.29, 0.717) is 5.56 Å². The first-order valence-corrected chi connectivity index (χ1v) is 7.62. The highest BCUT2D eigenvalue weighted by atomic mass is 19.1. The highest BCUT2D eigenvalue weighted by Gasteiger charge is 2.36. The van der Waals surface area contributed by atoms with Crippen LogP contribution in [0.1, 0.15) is 51.1 Å². The molecule has 1 saturated heterocycles. The summed E-state index contributed by atoms with van der Waals surface area (Å²) in [5, 5.41) is 0. The molecule has 2 rings (SSSR count). The zero-order chi connectivity index (χ0) is 15.5. The van der Waals surface area contributed by atoms with Crippen molar-refractivity contribution in [2.45, 2.75) is 51.1 Å². The van der Waals surface area contributed by atoms with Gasteiger partial charge in [-0.2, -0.15) is 0 Å². The summed E-state index contributed by atoms with van der Waals surface area (Å²) in [5.41, 5.74) is 2.98. The minimum Gasteiger partial charge on any atom is -0.296 e. The minimum absolute atomic E-state index is 0.320. The van der Waals surface area contributed by atoms with Gasteiger partial charge >= 0.3 is 0 Å². The van der Waals surface area contributed by atoms with E-state index in [1.807, 2.05) is 0 Å². The van der Waals surface area contributed by atoms with E-state index in [9.17, 15) is 8.78 Å². The van der Waals surface area contributed by atoms with Crippen LogP contribution in [0, 0.1) is 11.6 Å². The molecule has 1 atom stereocenters. The Morgan fingerprint density at radius 2 is 1.57 bits per heavy atom. The molecular weight excluding hydrogens is 272 g/mol. The second-order valence-electron chi connectivity index (χ2n) is 6.36. The monoisotopic (exact) mass is 297 g/mol. The molecule has 0 amide bonds. The van der Waals surface area contributed by atoms with Crippen LogP contribution in [0.4, 0.5) is 8.78 Å². The van der Waals surface area contributed by atoms with E-state index in [1.165, 1.54) is 25.0 Å². The van der Waals surface area contributed by atoms with Crippen molar-refractivity contribution < 1.29 is 8.78 Å². The maximum absolute atomic E-state index is 13.5. The normalized spacial score (nSPS) is 19.3. The predicted octanol–water partition coefficient (Wildman–Crippen LogP) is 3.12. The van der Waals surface area contributed by atoms with Gasteiger partial charge in [-0.15, -0.1) is 0 Å². The molecule has 1 aromatic rings. The topological polar surface area (TPSA) is 41.3 Å². The maximum atomic E-state index is 13.5. The third kappa shape index (κ3) is 3.78. The van der Waals surface area contributed by atoms with Crippen LogP contribution in [0.25, 0.3) is 0 Å². The Balaban J connectivity index is 2.28. The fourth-order valence-electron chi connectivity index (χ4n) is 3.28. The number of nitrogens with one attached hydrogen (secondary N) is 1. The lowest BCUT2D eigenvalue weighted by Crippen LogP contribution is -2.54. The third-order valence-electron chi connectivity index (χ3n) is 4.51. The van der Waals surface area contributed by atoms with Gasteiger partial charge in [0.1, 0.15) is 11.6 Å². The second kappa shape index (κ2) is 6.81. The van der Waals surface area contributed by atoms with E-state index < -0.39 is 11.6 Å². The lowest BCUT2D eigenvalue weighted by molar-refractivity contribution is 0.0832. The van der Waals surface area contributed by atoms with Gasteiger partial charge in [0, 0.05) is 11.6 Å². The highest BCUT2D eigenvalue weighted by Crippen LogP contribution is 2.33. The molecule has 1 aliphatic rings. The molecule has 0 bridgehead atoms. The number of hydrogen-bond acceptors (Lipinski definition) is 3. The van der Waals surface area contributed by atoms with Crippen LogP contribution in [-0.2, 0) is 0 Å². The van der Waals surface area contributed by atoms with E-state index >= 15 is 0 Å². The van der Waals surface area contributed by atoms with Gasteiger partial charge < -0.3 is 0 Å². The number of hydrogen-bond donors (Lipinski definition) is 2. The molecule has 3 nitrogen and oxygen atoms in total. The average molecular weight is 297 g/mol. The molecule has 3 N–H and O–H groups in total. The lowest BCUT2D eigenvalue weighted by atomic mass is 9.87. The van der Waals surface area contributed by atoms with Crippen molar-refractivity contribution in [3.8, 4) is 0 Å². The number of halogens is 2. The van der Waals surface area contributed by atoms with Gasteiger partial charge in [-0.05, 0) is 57.5 Å². The Morgan fingerprint density at radius 3 is 2.05 bits per heavy atom. The van der Waals surface area contributed by atoms with Crippen molar-refractivity contribution in [1.29, 1.82) is 0 Å². The van der Waals surface area contributed by atoms with Crippen LogP contribution in [-0.4, -0.2) is 23.5 Å². The van der Waals surface area contributed by atoms with Crippen molar-refractivity contribution in [1.82, 2.24) is 10.3 Å². The van der Waals surface area contributed by atoms with Crippen LogP contribution < -0.4 is 11.3 Å². The Labute approximate surface area is 125 Å². The first-order chi connectivity index (χ1) is 9.95. The molecule has 1 aromatic carbocycles. The van der Waals surface area contributed by atoms with E-state index in [2.05, 4.69) is 24.2 Å². The van der Waals surface area contributed by atoms with E-state index in [1.54, 1.807) is 0 Å². The van der Waals surface area contributed by atoms with Crippen molar-refractivity contribution >= 4 is 0 Å². The molecule has 1 fully saturated rings. The van der Waals surface area contributed by atoms with Crippen molar-refractivity contribution in [2.24, 2.45) is 5.84 Å². The number of rotatable bonds is 4. The number of nitrogens with two attached hydrogens (primary N) is 1. The van der Waals surface area contributed by atoms with E-state index in [0.717, 1.165) is 32.0 Å². The standard InChI is InChI=1S/C16H25F2N3/c1-16(2,21-7-5-3-4-6-8-21)15(20-19)12-9-13(17)11-14(18)10-12/h9-11,15,20H,3-8,19H2,1-2H3. The minimum atomic E-state index is -0.572. The number of nitrogens with zero attached hydrogens (tertiary/aromatic N) is 1. The van der Waals surface area contributed by atoms with Gasteiger partial charge in [-0.3, -0.25) is 16.2 Å². The van der Waals surface area contributed by atoms with Crippen LogP contribution in [0.15, 0.2) is 18.2 Å². The molecule has 1 aliphatic heterocycles. The van der Waals surface area contributed by atoms with Crippen LogP contribution in [0.3, 0.4) is 0 Å². The van der Waals surface area contributed by atoms with E-state index in [-0.39, 0.29) is 11.6 Å². The third-order valence-corrected chi connectivity index (χ3v) is 4.51. The molecule has 0 spiro atoms. The summed E-state index contributed by atoms with van der Waals surface area (Å²) in [6.07, 6.45) is 4.78. The Hall–Kier alpha value is -1.04. The van der Waals surface area contributed by atoms with Crippen LogP contribution in [0.5, 0.6) is 0 Å². The van der Waals surface area contributed by atoms with Crippen LogP contribution >= 0.6 is 0 Å². The zero-order valence-electron chi connectivity index (χ0n) is 12.8. The van der Waals surface area contributed by atoms with Gasteiger partial charge in [0.2, 0.25) is 0 Å². The molecule has 1 heterocycles. The number of hydrazine groups is 1. The number of benzene rings is 1. The van der Waals surface area contributed by atoms with Gasteiger partial charge in [-0.25, -0.2) is 8.78 Å². The Morgan fingerprint density at radius 1 is 1.05 bits per heavy atom. The largest absolute Gasteiger partial charge is 0.296 e. The molecule has 0 saturated carbocycles. The Bertz CT molecular complexity index is 448. The summed E-state index contributed by atoms with van der Waals surface area (Å²) in [5.74, 6) is 4.57. The molecule has 0 radical (unpaired) electrons. The van der Waals surface area contributed by atoms with Gasteiger partial charge in [0.05, 0.1) is 6.04 Å².